The monoisotopic (exact) mass is 326 g/mol. The minimum Gasteiger partial charge on any atom is -0.309 e. The van der Waals surface area contributed by atoms with Crippen molar-refractivity contribution >= 4 is 23.2 Å². The van der Waals surface area contributed by atoms with Gasteiger partial charge < -0.3 is 5.32 Å². The van der Waals surface area contributed by atoms with E-state index in [9.17, 15) is 0 Å². The second kappa shape index (κ2) is 7.25. The normalized spacial score (nSPS) is 12.9. The molecule has 4 nitrogen and oxygen atoms in total. The zero-order chi connectivity index (χ0) is 15.4. The van der Waals surface area contributed by atoms with Gasteiger partial charge in [0.25, 0.3) is 0 Å². The Morgan fingerprint density at radius 2 is 2.10 bits per heavy atom. The Hall–Kier alpha value is -1.10. The molecule has 6 heteroatoms. The maximum atomic E-state index is 6.27. The highest BCUT2D eigenvalue weighted by Gasteiger charge is 2.18. The molecular weight excluding hydrogens is 307 g/mol. The SMILES string of the molecule is CCNC(Cc1ccn(C(C)C)n1)c1ncc(Cl)cc1Cl. The van der Waals surface area contributed by atoms with Crippen LogP contribution in [0.25, 0.3) is 0 Å². The fourth-order valence-electron chi connectivity index (χ4n) is 2.18. The van der Waals surface area contributed by atoms with Crippen molar-refractivity contribution in [1.29, 1.82) is 0 Å². The van der Waals surface area contributed by atoms with Gasteiger partial charge in [0.1, 0.15) is 0 Å². The topological polar surface area (TPSA) is 42.7 Å². The minimum atomic E-state index is 0.0234. The minimum absolute atomic E-state index is 0.0234. The number of rotatable bonds is 6. The zero-order valence-corrected chi connectivity index (χ0v) is 14.0. The van der Waals surface area contributed by atoms with E-state index in [-0.39, 0.29) is 6.04 Å². The first-order valence-electron chi connectivity index (χ1n) is 7.09. The Bertz CT molecular complexity index is 595. The second-order valence-electron chi connectivity index (χ2n) is 5.22. The summed E-state index contributed by atoms with van der Waals surface area (Å²) >= 11 is 12.2. The first kappa shape index (κ1) is 16.3. The number of hydrogen-bond donors (Lipinski definition) is 1. The van der Waals surface area contributed by atoms with E-state index in [2.05, 4.69) is 36.2 Å². The van der Waals surface area contributed by atoms with E-state index < -0.39 is 0 Å². The molecular formula is C15H20Cl2N4. The number of aromatic nitrogens is 3. The van der Waals surface area contributed by atoms with Crippen LogP contribution in [0.15, 0.2) is 24.5 Å². The molecule has 1 N–H and O–H groups in total. The van der Waals surface area contributed by atoms with Crippen LogP contribution in [0.3, 0.4) is 0 Å². The molecule has 2 rings (SSSR count). The highest BCUT2D eigenvalue weighted by Crippen LogP contribution is 2.26. The van der Waals surface area contributed by atoms with Crippen LogP contribution in [0.4, 0.5) is 0 Å². The number of halogens is 2. The molecule has 0 aliphatic carbocycles. The van der Waals surface area contributed by atoms with Crippen LogP contribution in [0.5, 0.6) is 0 Å². The van der Waals surface area contributed by atoms with E-state index in [0.29, 0.717) is 16.1 Å². The first-order chi connectivity index (χ1) is 10.0. The average Bonchev–Trinajstić information content (AvgIpc) is 2.87. The number of likely N-dealkylation sites (N-methyl/N-ethyl adjacent to an activating group) is 1. The van der Waals surface area contributed by atoms with Crippen LogP contribution in [-0.4, -0.2) is 21.3 Å². The molecule has 2 heterocycles. The van der Waals surface area contributed by atoms with Crippen molar-refractivity contribution in [2.45, 2.75) is 39.3 Å². The van der Waals surface area contributed by atoms with Crippen molar-refractivity contribution in [3.8, 4) is 0 Å². The summed E-state index contributed by atoms with van der Waals surface area (Å²) in [4.78, 5) is 4.37. The second-order valence-corrected chi connectivity index (χ2v) is 6.06. The van der Waals surface area contributed by atoms with Crippen molar-refractivity contribution in [3.63, 3.8) is 0 Å². The van der Waals surface area contributed by atoms with Crippen molar-refractivity contribution < 1.29 is 0 Å². The van der Waals surface area contributed by atoms with Crippen molar-refractivity contribution in [3.05, 3.63) is 46.0 Å². The van der Waals surface area contributed by atoms with Crippen molar-refractivity contribution in [1.82, 2.24) is 20.1 Å². The molecule has 0 radical (unpaired) electrons. The van der Waals surface area contributed by atoms with Crippen LogP contribution in [-0.2, 0) is 6.42 Å². The van der Waals surface area contributed by atoms with Crippen LogP contribution in [0, 0.1) is 0 Å². The van der Waals surface area contributed by atoms with E-state index in [4.69, 9.17) is 23.2 Å². The molecule has 0 amide bonds. The summed E-state index contributed by atoms with van der Waals surface area (Å²) in [7, 11) is 0. The van der Waals surface area contributed by atoms with Crippen molar-refractivity contribution in [2.75, 3.05) is 6.54 Å². The fraction of sp³-hybridized carbons (Fsp3) is 0.467. The summed E-state index contributed by atoms with van der Waals surface area (Å²) in [5.74, 6) is 0. The summed E-state index contributed by atoms with van der Waals surface area (Å²) in [6.07, 6.45) is 4.36. The van der Waals surface area contributed by atoms with Gasteiger partial charge in [-0.25, -0.2) is 0 Å². The van der Waals surface area contributed by atoms with Gasteiger partial charge in [0.15, 0.2) is 0 Å². The summed E-state index contributed by atoms with van der Waals surface area (Å²) in [6.45, 7) is 7.10. The van der Waals surface area contributed by atoms with Gasteiger partial charge in [0, 0.05) is 24.9 Å². The van der Waals surface area contributed by atoms with E-state index in [1.807, 2.05) is 16.9 Å². The van der Waals surface area contributed by atoms with E-state index in [1.165, 1.54) is 0 Å². The number of nitrogens with zero attached hydrogens (tertiary/aromatic N) is 3. The molecule has 0 bridgehead atoms. The molecule has 0 saturated carbocycles. The molecule has 0 fully saturated rings. The quantitative estimate of drug-likeness (QED) is 0.870. The molecule has 0 spiro atoms. The molecule has 0 aliphatic heterocycles. The van der Waals surface area contributed by atoms with Crippen molar-refractivity contribution in [2.24, 2.45) is 0 Å². The van der Waals surface area contributed by atoms with Crippen LogP contribution in [0.2, 0.25) is 10.0 Å². The Kier molecular flexibility index (Phi) is 5.62. The van der Waals surface area contributed by atoms with Gasteiger partial charge in [-0.2, -0.15) is 5.10 Å². The smallest absolute Gasteiger partial charge is 0.0764 e. The Labute approximate surface area is 135 Å². The van der Waals surface area contributed by atoms with Gasteiger partial charge in [0.05, 0.1) is 27.5 Å². The maximum Gasteiger partial charge on any atom is 0.0764 e. The third-order valence-electron chi connectivity index (χ3n) is 3.22. The zero-order valence-electron chi connectivity index (χ0n) is 12.5. The average molecular weight is 327 g/mol. The molecule has 2 aromatic heterocycles. The number of nitrogens with one attached hydrogen (secondary N) is 1. The summed E-state index contributed by atoms with van der Waals surface area (Å²) in [5, 5.41) is 9.12. The predicted octanol–water partition coefficient (Wildman–Crippen LogP) is 4.06. The van der Waals surface area contributed by atoms with Gasteiger partial charge >= 0.3 is 0 Å². The lowest BCUT2D eigenvalue weighted by Gasteiger charge is -2.17. The molecule has 2 aromatic rings. The largest absolute Gasteiger partial charge is 0.309 e. The number of pyridine rings is 1. The standard InChI is InChI=1S/C15H20Cl2N4/c1-4-18-14(15-13(17)7-11(16)9-19-15)8-12-5-6-21(20-12)10(2)3/h5-7,9-10,14,18H,4,8H2,1-3H3. The third-order valence-corrected chi connectivity index (χ3v) is 3.73. The van der Waals surface area contributed by atoms with Crippen LogP contribution >= 0.6 is 23.2 Å². The van der Waals surface area contributed by atoms with Gasteiger partial charge in [-0.1, -0.05) is 30.1 Å². The Morgan fingerprint density at radius 3 is 2.67 bits per heavy atom. The molecule has 1 unspecified atom stereocenters. The van der Waals surface area contributed by atoms with Crippen LogP contribution in [0.1, 0.15) is 44.2 Å². The predicted molar refractivity (Wildman–Crippen MR) is 87.0 cm³/mol. The summed E-state index contributed by atoms with van der Waals surface area (Å²) in [5.41, 5.74) is 1.82. The molecule has 0 aromatic carbocycles. The lowest BCUT2D eigenvalue weighted by Crippen LogP contribution is -2.24. The Morgan fingerprint density at radius 1 is 1.33 bits per heavy atom. The molecule has 0 saturated heterocycles. The maximum absolute atomic E-state index is 6.27. The molecule has 1 atom stereocenters. The Balaban J connectivity index is 2.21. The highest BCUT2D eigenvalue weighted by atomic mass is 35.5. The lowest BCUT2D eigenvalue weighted by molar-refractivity contribution is 0.502. The molecule has 21 heavy (non-hydrogen) atoms. The molecule has 114 valence electrons. The van der Waals surface area contributed by atoms with E-state index >= 15 is 0 Å². The highest BCUT2D eigenvalue weighted by molar-refractivity contribution is 6.34. The van der Waals surface area contributed by atoms with Gasteiger partial charge in [-0.3, -0.25) is 9.67 Å². The van der Waals surface area contributed by atoms with Gasteiger partial charge in [-0.05, 0) is 32.5 Å². The summed E-state index contributed by atoms with van der Waals surface area (Å²) in [6, 6.07) is 4.14. The van der Waals surface area contributed by atoms with Crippen LogP contribution < -0.4 is 5.32 Å². The molecule has 0 aliphatic rings. The van der Waals surface area contributed by atoms with E-state index in [0.717, 1.165) is 24.4 Å². The van der Waals surface area contributed by atoms with Gasteiger partial charge in [0.2, 0.25) is 0 Å². The van der Waals surface area contributed by atoms with E-state index in [1.54, 1.807) is 12.3 Å². The third kappa shape index (κ3) is 4.19. The fourth-order valence-corrected chi connectivity index (χ4v) is 2.69. The van der Waals surface area contributed by atoms with Gasteiger partial charge in [-0.15, -0.1) is 0 Å². The summed E-state index contributed by atoms with van der Waals surface area (Å²) < 4.78 is 1.95. The number of hydrogen-bond acceptors (Lipinski definition) is 3. The first-order valence-corrected chi connectivity index (χ1v) is 7.85. The lowest BCUT2D eigenvalue weighted by atomic mass is 10.1.